The van der Waals surface area contributed by atoms with Crippen LogP contribution in [0.5, 0.6) is 0 Å². The first kappa shape index (κ1) is 24.3. The number of unbranched alkanes of at least 4 members (excludes halogenated alkanes) is 9. The van der Waals surface area contributed by atoms with Gasteiger partial charge in [-0.25, -0.2) is 16.8 Å². The van der Waals surface area contributed by atoms with Crippen molar-refractivity contribution in [1.82, 2.24) is 0 Å². The first-order valence-corrected chi connectivity index (χ1v) is 10.2. The molecule has 0 aromatic carbocycles. The van der Waals surface area contributed by atoms with Crippen LogP contribution in [-0.2, 0) is 20.2 Å². The van der Waals surface area contributed by atoms with Gasteiger partial charge in [-0.15, -0.1) is 0 Å². The van der Waals surface area contributed by atoms with E-state index in [0.717, 1.165) is 51.4 Å². The summed E-state index contributed by atoms with van der Waals surface area (Å²) in [6, 6.07) is 0. The van der Waals surface area contributed by atoms with Gasteiger partial charge in [0.25, 0.3) is 0 Å². The second kappa shape index (κ2) is 13.5. The second-order valence-corrected chi connectivity index (χ2v) is 8.11. The predicted octanol–water partition coefficient (Wildman–Crippen LogP) is 1.60. The number of hydrogen-bond donors (Lipinski definition) is 0. The zero-order valence-corrected chi connectivity index (χ0v) is 16.3. The van der Waals surface area contributed by atoms with Crippen LogP contribution in [-0.4, -0.2) is 75.2 Å². The molecule has 0 atom stereocenters. The summed E-state index contributed by atoms with van der Waals surface area (Å²) in [6.45, 7) is 0. The van der Waals surface area contributed by atoms with Crippen molar-refractivity contribution in [2.24, 2.45) is 0 Å². The molecule has 0 unspecified atom stereocenters. The van der Waals surface area contributed by atoms with Crippen LogP contribution in [0.15, 0.2) is 0 Å². The van der Waals surface area contributed by atoms with E-state index in [1.807, 2.05) is 0 Å². The van der Waals surface area contributed by atoms with Gasteiger partial charge in [-0.2, -0.15) is 0 Å². The molecule has 0 aliphatic heterocycles. The molecule has 0 aliphatic carbocycles. The third kappa shape index (κ3) is 23.5. The van der Waals surface area contributed by atoms with Crippen molar-refractivity contribution in [2.75, 3.05) is 11.5 Å². The molecule has 0 aliphatic rings. The number of rotatable bonds is 13. The maximum atomic E-state index is 10.3. The Balaban J connectivity index is 0. The van der Waals surface area contributed by atoms with Crippen LogP contribution in [0.25, 0.3) is 0 Å². The minimum Gasteiger partial charge on any atom is -0.748 e. The van der Waals surface area contributed by atoms with Gasteiger partial charge in [0, 0.05) is 11.5 Å². The average molecular weight is 369 g/mol. The molecule has 0 radical (unpaired) electrons. The molecule has 0 heterocycles. The van der Waals surface area contributed by atoms with E-state index in [2.05, 4.69) is 0 Å². The predicted molar refractivity (Wildman–Crippen MR) is 81.1 cm³/mol. The third-order valence-electron chi connectivity index (χ3n) is 3.04. The summed E-state index contributed by atoms with van der Waals surface area (Å²) in [4.78, 5) is 0. The van der Waals surface area contributed by atoms with Gasteiger partial charge < -0.3 is 9.11 Å². The molecule has 0 fully saturated rings. The van der Waals surface area contributed by atoms with Crippen molar-refractivity contribution in [2.45, 2.75) is 64.2 Å². The Morgan fingerprint density at radius 3 is 0.857 bits per heavy atom. The quantitative estimate of drug-likeness (QED) is 0.277. The monoisotopic (exact) mass is 368 g/mol. The molecular formula is C12H24CaO6S2. The largest absolute Gasteiger partial charge is 2.00 e. The molecule has 0 aromatic heterocycles. The van der Waals surface area contributed by atoms with E-state index in [-0.39, 0.29) is 49.2 Å². The van der Waals surface area contributed by atoms with Crippen LogP contribution in [0, 0.1) is 0 Å². The van der Waals surface area contributed by atoms with Gasteiger partial charge in [-0.3, -0.25) is 0 Å². The topological polar surface area (TPSA) is 114 Å². The van der Waals surface area contributed by atoms with Gasteiger partial charge in [0.1, 0.15) is 0 Å². The van der Waals surface area contributed by atoms with Gasteiger partial charge in [0.15, 0.2) is 0 Å². The summed E-state index contributed by atoms with van der Waals surface area (Å²) in [5, 5.41) is 0. The molecule has 6 nitrogen and oxygen atoms in total. The summed E-state index contributed by atoms with van der Waals surface area (Å²) < 4.78 is 62.0. The van der Waals surface area contributed by atoms with Crippen molar-refractivity contribution < 1.29 is 25.9 Å². The Kier molecular flexibility index (Phi) is 15.7. The van der Waals surface area contributed by atoms with E-state index in [1.165, 1.54) is 0 Å². The van der Waals surface area contributed by atoms with Gasteiger partial charge in [-0.1, -0.05) is 51.4 Å². The zero-order valence-electron chi connectivity index (χ0n) is 12.5. The molecule has 0 rings (SSSR count). The van der Waals surface area contributed by atoms with E-state index in [4.69, 9.17) is 0 Å². The average Bonchev–Trinajstić information content (AvgIpc) is 2.27. The molecule has 0 spiro atoms. The normalized spacial score (nSPS) is 12.1. The Labute approximate surface area is 158 Å². The van der Waals surface area contributed by atoms with Crippen molar-refractivity contribution in [3.8, 4) is 0 Å². The van der Waals surface area contributed by atoms with Crippen LogP contribution < -0.4 is 0 Å². The van der Waals surface area contributed by atoms with Crippen molar-refractivity contribution in [1.29, 1.82) is 0 Å². The summed E-state index contributed by atoms with van der Waals surface area (Å²) in [6.07, 6.45) is 8.44. The van der Waals surface area contributed by atoms with Gasteiger partial charge in [-0.05, 0) is 12.8 Å². The fourth-order valence-electron chi connectivity index (χ4n) is 1.97. The first-order chi connectivity index (χ1) is 9.21. The Bertz CT molecular complexity index is 391. The van der Waals surface area contributed by atoms with Crippen LogP contribution in [0.4, 0.5) is 0 Å². The molecule has 122 valence electrons. The summed E-state index contributed by atoms with van der Waals surface area (Å²) in [5.41, 5.74) is 0. The number of hydrogen-bond acceptors (Lipinski definition) is 6. The van der Waals surface area contributed by atoms with Gasteiger partial charge in [0.05, 0.1) is 20.2 Å². The van der Waals surface area contributed by atoms with Crippen molar-refractivity contribution >= 4 is 58.0 Å². The van der Waals surface area contributed by atoms with E-state index >= 15 is 0 Å². The Hall–Kier alpha value is 1.08. The molecule has 0 saturated heterocycles. The van der Waals surface area contributed by atoms with Crippen molar-refractivity contribution in [3.05, 3.63) is 0 Å². The zero-order chi connectivity index (χ0) is 15.5. The minimum absolute atomic E-state index is 0. The molecule has 0 amide bonds. The summed E-state index contributed by atoms with van der Waals surface area (Å²) in [7, 11) is -8.12. The summed E-state index contributed by atoms with van der Waals surface area (Å²) in [5.74, 6) is -0.536. The maximum absolute atomic E-state index is 10.3. The molecular weight excluding hydrogens is 344 g/mol. The third-order valence-corrected chi connectivity index (χ3v) is 4.62. The minimum atomic E-state index is -4.06. The standard InChI is InChI=1S/C12H26O6S2.Ca/c13-19(14,15)11-9-7-5-3-1-2-4-6-8-10-12-20(16,17)18;/h1-12H2,(H,13,14,15)(H,16,17,18);/q;+2/p-2. The van der Waals surface area contributed by atoms with Gasteiger partial charge >= 0.3 is 37.7 Å². The maximum Gasteiger partial charge on any atom is 2.00 e. The molecule has 9 heteroatoms. The summed E-state index contributed by atoms with van der Waals surface area (Å²) >= 11 is 0. The van der Waals surface area contributed by atoms with E-state index in [1.54, 1.807) is 0 Å². The van der Waals surface area contributed by atoms with Crippen LogP contribution >= 0.6 is 0 Å². The van der Waals surface area contributed by atoms with Crippen molar-refractivity contribution in [3.63, 3.8) is 0 Å². The molecule has 0 N–H and O–H groups in total. The Morgan fingerprint density at radius 1 is 0.476 bits per heavy atom. The Morgan fingerprint density at radius 2 is 0.667 bits per heavy atom. The molecule has 0 bridgehead atoms. The van der Waals surface area contributed by atoms with Crippen LogP contribution in [0.3, 0.4) is 0 Å². The van der Waals surface area contributed by atoms with E-state index < -0.39 is 20.2 Å². The van der Waals surface area contributed by atoms with Crippen LogP contribution in [0.2, 0.25) is 0 Å². The second-order valence-electron chi connectivity index (χ2n) is 5.06. The van der Waals surface area contributed by atoms with E-state index in [9.17, 15) is 25.9 Å². The molecule has 0 saturated carbocycles. The molecule has 21 heavy (non-hydrogen) atoms. The smallest absolute Gasteiger partial charge is 0.748 e. The fraction of sp³-hybridized carbons (Fsp3) is 1.00. The SMILES string of the molecule is O=S(=O)([O-])CCCCCCCCCCCCS(=O)(=O)[O-].[Ca+2]. The van der Waals surface area contributed by atoms with E-state index in [0.29, 0.717) is 12.8 Å². The molecule has 0 aromatic rings. The van der Waals surface area contributed by atoms with Crippen LogP contribution in [0.1, 0.15) is 64.2 Å². The first-order valence-electron chi connectivity index (χ1n) is 7.08. The van der Waals surface area contributed by atoms with Gasteiger partial charge in [0.2, 0.25) is 0 Å². The fourth-order valence-corrected chi connectivity index (χ4v) is 3.09.